The van der Waals surface area contributed by atoms with Gasteiger partial charge in [-0.25, -0.2) is 0 Å². The Morgan fingerprint density at radius 3 is 3.00 bits per heavy atom. The summed E-state index contributed by atoms with van der Waals surface area (Å²) in [4.78, 5) is 0. The molecule has 1 aliphatic rings. The van der Waals surface area contributed by atoms with E-state index in [-0.39, 0.29) is 0 Å². The Bertz CT molecular complexity index is 362. The molecule has 0 aliphatic carbocycles. The Hall–Kier alpha value is -1.02. The number of aryl methyl sites for hydroxylation is 1. The SMILES string of the molecule is CCCCNC1CCOc2c(CC)cccc21. The van der Waals surface area contributed by atoms with E-state index in [1.807, 2.05) is 0 Å². The van der Waals surface area contributed by atoms with Crippen LogP contribution in [0.4, 0.5) is 0 Å². The molecule has 1 atom stereocenters. The number of hydrogen-bond acceptors (Lipinski definition) is 2. The molecule has 0 saturated heterocycles. The lowest BCUT2D eigenvalue weighted by molar-refractivity contribution is 0.250. The molecular formula is C15H23NO. The van der Waals surface area contributed by atoms with Gasteiger partial charge in [0.25, 0.3) is 0 Å². The molecule has 1 aliphatic heterocycles. The quantitative estimate of drug-likeness (QED) is 0.786. The molecule has 0 amide bonds. The summed E-state index contributed by atoms with van der Waals surface area (Å²) >= 11 is 0. The molecule has 94 valence electrons. The molecule has 2 rings (SSSR count). The molecule has 0 bridgehead atoms. The smallest absolute Gasteiger partial charge is 0.127 e. The molecule has 17 heavy (non-hydrogen) atoms. The lowest BCUT2D eigenvalue weighted by atomic mass is 9.96. The van der Waals surface area contributed by atoms with E-state index in [2.05, 4.69) is 37.4 Å². The highest BCUT2D eigenvalue weighted by Crippen LogP contribution is 2.35. The Morgan fingerprint density at radius 1 is 1.35 bits per heavy atom. The van der Waals surface area contributed by atoms with Crippen LogP contribution in [0.15, 0.2) is 18.2 Å². The van der Waals surface area contributed by atoms with Crippen molar-refractivity contribution >= 4 is 0 Å². The van der Waals surface area contributed by atoms with Gasteiger partial charge >= 0.3 is 0 Å². The number of ether oxygens (including phenoxy) is 1. The zero-order chi connectivity index (χ0) is 12.1. The first kappa shape index (κ1) is 12.4. The summed E-state index contributed by atoms with van der Waals surface area (Å²) in [6.07, 6.45) is 4.63. The first-order valence-corrected chi connectivity index (χ1v) is 6.84. The highest BCUT2D eigenvalue weighted by Gasteiger charge is 2.22. The molecule has 1 aromatic carbocycles. The van der Waals surface area contributed by atoms with Crippen molar-refractivity contribution in [1.82, 2.24) is 5.32 Å². The zero-order valence-corrected chi connectivity index (χ0v) is 11.0. The van der Waals surface area contributed by atoms with Crippen molar-refractivity contribution < 1.29 is 4.74 Å². The predicted molar refractivity (Wildman–Crippen MR) is 71.6 cm³/mol. The summed E-state index contributed by atoms with van der Waals surface area (Å²) in [7, 11) is 0. The number of rotatable bonds is 5. The molecule has 1 N–H and O–H groups in total. The van der Waals surface area contributed by atoms with Gasteiger partial charge in [0, 0.05) is 18.0 Å². The van der Waals surface area contributed by atoms with Gasteiger partial charge in [0.15, 0.2) is 0 Å². The van der Waals surface area contributed by atoms with Crippen molar-refractivity contribution in [3.05, 3.63) is 29.3 Å². The number of para-hydroxylation sites is 1. The summed E-state index contributed by atoms with van der Waals surface area (Å²) in [6.45, 7) is 6.37. The van der Waals surface area contributed by atoms with Gasteiger partial charge in [-0.3, -0.25) is 0 Å². The van der Waals surface area contributed by atoms with Crippen LogP contribution >= 0.6 is 0 Å². The third-order valence-corrected chi connectivity index (χ3v) is 3.46. The van der Waals surface area contributed by atoms with Gasteiger partial charge in [0.2, 0.25) is 0 Å². The van der Waals surface area contributed by atoms with E-state index in [1.54, 1.807) is 0 Å². The molecule has 0 radical (unpaired) electrons. The third-order valence-electron chi connectivity index (χ3n) is 3.46. The molecule has 0 aromatic heterocycles. The van der Waals surface area contributed by atoms with Gasteiger partial charge in [-0.15, -0.1) is 0 Å². The minimum absolute atomic E-state index is 0.483. The average molecular weight is 233 g/mol. The van der Waals surface area contributed by atoms with Gasteiger partial charge in [-0.1, -0.05) is 38.5 Å². The van der Waals surface area contributed by atoms with Gasteiger partial charge in [0.05, 0.1) is 6.61 Å². The van der Waals surface area contributed by atoms with Crippen molar-refractivity contribution in [2.45, 2.75) is 45.6 Å². The van der Waals surface area contributed by atoms with Crippen molar-refractivity contribution in [3.63, 3.8) is 0 Å². The average Bonchev–Trinajstić information content (AvgIpc) is 2.38. The molecule has 0 saturated carbocycles. The van der Waals surface area contributed by atoms with E-state index in [1.165, 1.54) is 24.0 Å². The summed E-state index contributed by atoms with van der Waals surface area (Å²) < 4.78 is 5.84. The second-order valence-electron chi connectivity index (χ2n) is 4.69. The van der Waals surface area contributed by atoms with Gasteiger partial charge in [-0.2, -0.15) is 0 Å². The van der Waals surface area contributed by atoms with Crippen LogP contribution in [-0.4, -0.2) is 13.2 Å². The van der Waals surface area contributed by atoms with Crippen LogP contribution in [0.1, 0.15) is 50.3 Å². The van der Waals surface area contributed by atoms with Crippen molar-refractivity contribution in [2.24, 2.45) is 0 Å². The van der Waals surface area contributed by atoms with Gasteiger partial charge < -0.3 is 10.1 Å². The molecule has 1 aromatic rings. The minimum atomic E-state index is 0.483. The summed E-state index contributed by atoms with van der Waals surface area (Å²) in [5, 5.41) is 3.65. The van der Waals surface area contributed by atoms with Crippen molar-refractivity contribution in [1.29, 1.82) is 0 Å². The Balaban J connectivity index is 2.13. The standard InChI is InChI=1S/C15H23NO/c1-3-5-10-16-14-9-11-17-15-12(4-2)7-6-8-13(14)15/h6-8,14,16H,3-5,9-11H2,1-2H3. The maximum atomic E-state index is 5.84. The maximum Gasteiger partial charge on any atom is 0.127 e. The van der Waals surface area contributed by atoms with Crippen LogP contribution in [0.2, 0.25) is 0 Å². The van der Waals surface area contributed by atoms with E-state index in [0.717, 1.165) is 31.7 Å². The van der Waals surface area contributed by atoms with Gasteiger partial charge in [0.1, 0.15) is 5.75 Å². The number of fused-ring (bicyclic) bond motifs is 1. The van der Waals surface area contributed by atoms with Crippen LogP contribution in [-0.2, 0) is 6.42 Å². The van der Waals surface area contributed by atoms with Crippen LogP contribution in [0, 0.1) is 0 Å². The zero-order valence-electron chi connectivity index (χ0n) is 11.0. The van der Waals surface area contributed by atoms with Crippen LogP contribution in [0.3, 0.4) is 0 Å². The lowest BCUT2D eigenvalue weighted by Crippen LogP contribution is -2.28. The fourth-order valence-electron chi connectivity index (χ4n) is 2.43. The fraction of sp³-hybridized carbons (Fsp3) is 0.600. The van der Waals surface area contributed by atoms with Crippen LogP contribution in [0.5, 0.6) is 5.75 Å². The maximum absolute atomic E-state index is 5.84. The Morgan fingerprint density at radius 2 is 2.24 bits per heavy atom. The summed E-state index contributed by atoms with van der Waals surface area (Å²) in [5.74, 6) is 1.13. The van der Waals surface area contributed by atoms with Crippen molar-refractivity contribution in [3.8, 4) is 5.75 Å². The molecule has 2 nitrogen and oxygen atoms in total. The number of benzene rings is 1. The second kappa shape index (κ2) is 6.06. The summed E-state index contributed by atoms with van der Waals surface area (Å²) in [5.41, 5.74) is 2.69. The fourth-order valence-corrected chi connectivity index (χ4v) is 2.43. The van der Waals surface area contributed by atoms with E-state index >= 15 is 0 Å². The first-order chi connectivity index (χ1) is 8.36. The minimum Gasteiger partial charge on any atom is -0.493 e. The number of nitrogens with one attached hydrogen (secondary N) is 1. The van der Waals surface area contributed by atoms with E-state index < -0.39 is 0 Å². The number of unbranched alkanes of at least 4 members (excludes halogenated alkanes) is 1. The largest absolute Gasteiger partial charge is 0.493 e. The van der Waals surface area contributed by atoms with Crippen LogP contribution in [0.25, 0.3) is 0 Å². The Kier molecular flexibility index (Phi) is 4.43. The van der Waals surface area contributed by atoms with Crippen LogP contribution < -0.4 is 10.1 Å². The monoisotopic (exact) mass is 233 g/mol. The molecule has 1 heterocycles. The normalized spacial score (nSPS) is 18.6. The molecule has 2 heteroatoms. The van der Waals surface area contributed by atoms with E-state index in [0.29, 0.717) is 6.04 Å². The highest BCUT2D eigenvalue weighted by atomic mass is 16.5. The lowest BCUT2D eigenvalue weighted by Gasteiger charge is -2.28. The third kappa shape index (κ3) is 2.81. The van der Waals surface area contributed by atoms with E-state index in [9.17, 15) is 0 Å². The molecular weight excluding hydrogens is 210 g/mol. The predicted octanol–water partition coefficient (Wildman–Crippen LogP) is 3.46. The second-order valence-corrected chi connectivity index (χ2v) is 4.69. The molecule has 1 unspecified atom stereocenters. The Labute approximate surface area is 104 Å². The highest BCUT2D eigenvalue weighted by molar-refractivity contribution is 5.44. The van der Waals surface area contributed by atoms with E-state index in [4.69, 9.17) is 4.74 Å². The first-order valence-electron chi connectivity index (χ1n) is 6.84. The van der Waals surface area contributed by atoms with Crippen molar-refractivity contribution in [2.75, 3.05) is 13.2 Å². The molecule has 0 spiro atoms. The molecule has 0 fully saturated rings. The number of hydrogen-bond donors (Lipinski definition) is 1. The van der Waals surface area contributed by atoms with Gasteiger partial charge in [-0.05, 0) is 24.9 Å². The topological polar surface area (TPSA) is 21.3 Å². The summed E-state index contributed by atoms with van der Waals surface area (Å²) in [6, 6.07) is 7.02.